The predicted octanol–water partition coefficient (Wildman–Crippen LogP) is 2.58. The molecule has 152 valence electrons. The normalized spacial score (nSPS) is 17.2. The first-order valence-electron chi connectivity index (χ1n) is 9.79. The predicted molar refractivity (Wildman–Crippen MR) is 110 cm³/mol. The standard InChI is InChI=1S/C20H23ClN6O2/c1-12(2)20(29)26-8-4-6-14(11-26)17-22-18-16(19(28)23-17)24-25-27(18)10-13-5-3-7-15(21)9-13/h3,5,7,9,12,14H,4,6,8,10-11H2,1-2H3,(H,22,23,28)/t14-/m1/s1. The highest BCUT2D eigenvalue weighted by Crippen LogP contribution is 2.25. The Labute approximate surface area is 172 Å². The molecule has 0 aliphatic carbocycles. The van der Waals surface area contributed by atoms with Crippen LogP contribution in [0, 0.1) is 5.92 Å². The van der Waals surface area contributed by atoms with E-state index in [4.69, 9.17) is 11.6 Å². The molecule has 0 radical (unpaired) electrons. The summed E-state index contributed by atoms with van der Waals surface area (Å²) < 4.78 is 1.61. The van der Waals surface area contributed by atoms with Gasteiger partial charge in [-0.05, 0) is 30.5 Å². The minimum atomic E-state index is -0.311. The Bertz CT molecular complexity index is 1110. The van der Waals surface area contributed by atoms with E-state index in [1.807, 2.05) is 36.9 Å². The Hall–Kier alpha value is -2.74. The fourth-order valence-corrected chi connectivity index (χ4v) is 3.97. The van der Waals surface area contributed by atoms with Crippen LogP contribution in [0.2, 0.25) is 5.02 Å². The van der Waals surface area contributed by atoms with Gasteiger partial charge >= 0.3 is 0 Å². The summed E-state index contributed by atoms with van der Waals surface area (Å²) in [5.74, 6) is 0.647. The molecule has 0 bridgehead atoms. The molecule has 1 amide bonds. The van der Waals surface area contributed by atoms with Gasteiger partial charge in [0.05, 0.1) is 6.54 Å². The van der Waals surface area contributed by atoms with Crippen molar-refractivity contribution >= 4 is 28.7 Å². The topological polar surface area (TPSA) is 96.8 Å². The average molecular weight is 415 g/mol. The Kier molecular flexibility index (Phi) is 5.36. The van der Waals surface area contributed by atoms with Crippen LogP contribution in [-0.2, 0) is 11.3 Å². The second kappa shape index (κ2) is 7.94. The number of benzene rings is 1. The molecule has 0 saturated carbocycles. The van der Waals surface area contributed by atoms with E-state index in [1.165, 1.54) is 0 Å². The molecule has 1 aromatic carbocycles. The Morgan fingerprint density at radius 3 is 2.97 bits per heavy atom. The van der Waals surface area contributed by atoms with Crippen molar-refractivity contribution < 1.29 is 4.79 Å². The Morgan fingerprint density at radius 1 is 1.38 bits per heavy atom. The van der Waals surface area contributed by atoms with Gasteiger partial charge < -0.3 is 9.88 Å². The van der Waals surface area contributed by atoms with Gasteiger partial charge in [0.1, 0.15) is 5.82 Å². The molecule has 2 aromatic heterocycles. The fraction of sp³-hybridized carbons (Fsp3) is 0.450. The second-order valence-corrected chi connectivity index (χ2v) is 8.21. The molecule has 1 N–H and O–H groups in total. The highest BCUT2D eigenvalue weighted by atomic mass is 35.5. The number of piperidine rings is 1. The number of hydrogen-bond donors (Lipinski definition) is 1. The summed E-state index contributed by atoms with van der Waals surface area (Å²) in [4.78, 5) is 34.4. The van der Waals surface area contributed by atoms with Gasteiger partial charge in [-0.1, -0.05) is 42.8 Å². The van der Waals surface area contributed by atoms with Crippen molar-refractivity contribution in [2.45, 2.75) is 39.2 Å². The maximum Gasteiger partial charge on any atom is 0.281 e. The molecule has 8 nitrogen and oxygen atoms in total. The highest BCUT2D eigenvalue weighted by molar-refractivity contribution is 6.30. The number of amides is 1. The summed E-state index contributed by atoms with van der Waals surface area (Å²) in [6, 6.07) is 7.45. The summed E-state index contributed by atoms with van der Waals surface area (Å²) in [5.41, 5.74) is 1.28. The summed E-state index contributed by atoms with van der Waals surface area (Å²) in [7, 11) is 0. The van der Waals surface area contributed by atoms with Crippen molar-refractivity contribution in [2.75, 3.05) is 13.1 Å². The quantitative estimate of drug-likeness (QED) is 0.707. The maximum atomic E-state index is 12.6. The zero-order valence-corrected chi connectivity index (χ0v) is 17.2. The van der Waals surface area contributed by atoms with Gasteiger partial charge in [0, 0.05) is 29.9 Å². The van der Waals surface area contributed by atoms with Gasteiger partial charge in [-0.25, -0.2) is 9.67 Å². The van der Waals surface area contributed by atoms with Crippen LogP contribution in [0.4, 0.5) is 0 Å². The summed E-state index contributed by atoms with van der Waals surface area (Å²) >= 11 is 6.07. The number of carbonyl (C=O) groups excluding carboxylic acids is 1. The number of halogens is 1. The third-order valence-corrected chi connectivity index (χ3v) is 5.46. The number of H-pyrrole nitrogens is 1. The second-order valence-electron chi connectivity index (χ2n) is 7.78. The largest absolute Gasteiger partial charge is 0.342 e. The van der Waals surface area contributed by atoms with Crippen LogP contribution in [0.3, 0.4) is 0 Å². The van der Waals surface area contributed by atoms with Gasteiger partial charge in [-0.15, -0.1) is 5.10 Å². The van der Waals surface area contributed by atoms with Crippen LogP contribution < -0.4 is 5.56 Å². The number of likely N-dealkylation sites (tertiary alicyclic amines) is 1. The van der Waals surface area contributed by atoms with Crippen molar-refractivity contribution in [1.29, 1.82) is 0 Å². The van der Waals surface area contributed by atoms with Crippen molar-refractivity contribution in [3.8, 4) is 0 Å². The van der Waals surface area contributed by atoms with Gasteiger partial charge in [-0.2, -0.15) is 0 Å². The molecule has 0 unspecified atom stereocenters. The molecule has 3 heterocycles. The minimum Gasteiger partial charge on any atom is -0.342 e. The van der Waals surface area contributed by atoms with E-state index in [1.54, 1.807) is 10.7 Å². The summed E-state index contributed by atoms with van der Waals surface area (Å²) in [6.45, 7) is 5.52. The van der Waals surface area contributed by atoms with Crippen LogP contribution in [0.1, 0.15) is 44.0 Å². The average Bonchev–Trinajstić information content (AvgIpc) is 3.11. The molecule has 3 aromatic rings. The molecule has 9 heteroatoms. The first-order chi connectivity index (χ1) is 13.9. The molecule has 1 atom stereocenters. The lowest BCUT2D eigenvalue weighted by molar-refractivity contribution is -0.135. The molecule has 1 saturated heterocycles. The smallest absolute Gasteiger partial charge is 0.281 e. The number of aromatic amines is 1. The molecule has 1 aliphatic rings. The van der Waals surface area contributed by atoms with E-state index in [0.717, 1.165) is 24.9 Å². The summed E-state index contributed by atoms with van der Waals surface area (Å²) in [5, 5.41) is 8.74. The minimum absolute atomic E-state index is 0.0157. The molecule has 29 heavy (non-hydrogen) atoms. The van der Waals surface area contributed by atoms with E-state index in [2.05, 4.69) is 20.3 Å². The van der Waals surface area contributed by atoms with Gasteiger partial charge in [0.15, 0.2) is 11.2 Å². The van der Waals surface area contributed by atoms with Crippen LogP contribution >= 0.6 is 11.6 Å². The Balaban J connectivity index is 1.66. The lowest BCUT2D eigenvalue weighted by Crippen LogP contribution is -2.41. The van der Waals surface area contributed by atoms with E-state index in [0.29, 0.717) is 29.6 Å². The first-order valence-corrected chi connectivity index (χ1v) is 10.2. The van der Waals surface area contributed by atoms with E-state index in [9.17, 15) is 9.59 Å². The number of rotatable bonds is 4. The third kappa shape index (κ3) is 4.03. The monoisotopic (exact) mass is 414 g/mol. The summed E-state index contributed by atoms with van der Waals surface area (Å²) in [6.07, 6.45) is 1.75. The lowest BCUT2D eigenvalue weighted by atomic mass is 9.96. The first kappa shape index (κ1) is 19.6. The van der Waals surface area contributed by atoms with Gasteiger partial charge in [0.2, 0.25) is 5.91 Å². The van der Waals surface area contributed by atoms with Crippen LogP contribution in [0.15, 0.2) is 29.1 Å². The van der Waals surface area contributed by atoms with Crippen molar-refractivity contribution in [3.63, 3.8) is 0 Å². The lowest BCUT2D eigenvalue weighted by Gasteiger charge is -2.33. The van der Waals surface area contributed by atoms with E-state index < -0.39 is 0 Å². The number of nitrogens with zero attached hydrogens (tertiary/aromatic N) is 5. The van der Waals surface area contributed by atoms with Crippen molar-refractivity contribution in [1.82, 2.24) is 29.9 Å². The number of nitrogens with one attached hydrogen (secondary N) is 1. The zero-order chi connectivity index (χ0) is 20.5. The maximum absolute atomic E-state index is 12.6. The van der Waals surface area contributed by atoms with Gasteiger partial charge in [0.25, 0.3) is 5.56 Å². The third-order valence-electron chi connectivity index (χ3n) is 5.23. The molecule has 1 aliphatic heterocycles. The van der Waals surface area contributed by atoms with E-state index in [-0.39, 0.29) is 28.8 Å². The van der Waals surface area contributed by atoms with Crippen LogP contribution in [0.5, 0.6) is 0 Å². The zero-order valence-electron chi connectivity index (χ0n) is 16.4. The number of carbonyl (C=O) groups is 1. The van der Waals surface area contributed by atoms with Crippen molar-refractivity contribution in [3.05, 3.63) is 51.0 Å². The molecular weight excluding hydrogens is 392 g/mol. The number of hydrogen-bond acceptors (Lipinski definition) is 5. The molecule has 1 fully saturated rings. The van der Waals surface area contributed by atoms with Crippen LogP contribution in [-0.4, -0.2) is 48.9 Å². The molecular formula is C20H23ClN6O2. The fourth-order valence-electron chi connectivity index (χ4n) is 3.76. The highest BCUT2D eigenvalue weighted by Gasteiger charge is 2.28. The SMILES string of the molecule is CC(C)C(=O)N1CCC[C@@H](c2nc3c(nnn3Cc3cccc(Cl)c3)c(=O)[nH]2)C1. The number of aromatic nitrogens is 5. The van der Waals surface area contributed by atoms with Gasteiger partial charge in [-0.3, -0.25) is 9.59 Å². The van der Waals surface area contributed by atoms with E-state index >= 15 is 0 Å². The van der Waals surface area contributed by atoms with Crippen LogP contribution in [0.25, 0.3) is 11.2 Å². The number of fused-ring (bicyclic) bond motifs is 1. The Morgan fingerprint density at radius 2 is 2.21 bits per heavy atom. The molecule has 0 spiro atoms. The molecule has 4 rings (SSSR count). The van der Waals surface area contributed by atoms with Crippen molar-refractivity contribution in [2.24, 2.45) is 5.92 Å².